The van der Waals surface area contributed by atoms with Gasteiger partial charge in [-0.15, -0.1) is 11.3 Å². The molecule has 5 heteroatoms. The molecule has 1 unspecified atom stereocenters. The van der Waals surface area contributed by atoms with Gasteiger partial charge in [-0.25, -0.2) is 0 Å². The molecule has 0 saturated heterocycles. The van der Waals surface area contributed by atoms with Crippen LogP contribution >= 0.6 is 11.3 Å². The lowest BCUT2D eigenvalue weighted by molar-refractivity contribution is -0.114. The fourth-order valence-electron chi connectivity index (χ4n) is 3.14. The monoisotopic (exact) mass is 342 g/mol. The van der Waals surface area contributed by atoms with Crippen molar-refractivity contribution >= 4 is 33.8 Å². The number of benzene rings is 1. The number of hydrogen-bond acceptors (Lipinski definition) is 3. The van der Waals surface area contributed by atoms with Gasteiger partial charge in [-0.05, 0) is 49.3 Å². The molecule has 126 valence electrons. The molecule has 0 fully saturated rings. The molecule has 0 aliphatic heterocycles. The van der Waals surface area contributed by atoms with Gasteiger partial charge in [-0.3, -0.25) is 9.59 Å². The second-order valence-corrected chi connectivity index (χ2v) is 7.61. The van der Waals surface area contributed by atoms with Gasteiger partial charge in [-0.2, -0.15) is 0 Å². The molecule has 1 aromatic carbocycles. The number of anilines is 2. The maximum atomic E-state index is 12.9. The zero-order chi connectivity index (χ0) is 17.3. The molecule has 0 bridgehead atoms. The second-order valence-electron chi connectivity index (χ2n) is 6.51. The predicted octanol–water partition coefficient (Wildman–Crippen LogP) is 4.39. The van der Waals surface area contributed by atoms with Gasteiger partial charge in [0.05, 0.1) is 5.56 Å². The van der Waals surface area contributed by atoms with E-state index in [1.165, 1.54) is 11.8 Å². The van der Waals surface area contributed by atoms with E-state index in [4.69, 9.17) is 0 Å². The van der Waals surface area contributed by atoms with Crippen LogP contribution in [0, 0.1) is 12.8 Å². The van der Waals surface area contributed by atoms with Gasteiger partial charge in [0, 0.05) is 17.5 Å². The molecular weight excluding hydrogens is 320 g/mol. The molecular formula is C19H22N2O2S. The first-order chi connectivity index (χ1) is 11.5. The van der Waals surface area contributed by atoms with Gasteiger partial charge < -0.3 is 10.6 Å². The first-order valence-electron chi connectivity index (χ1n) is 8.24. The normalized spacial score (nSPS) is 16.4. The average molecular weight is 342 g/mol. The van der Waals surface area contributed by atoms with Crippen molar-refractivity contribution in [3.63, 3.8) is 0 Å². The smallest absolute Gasteiger partial charge is 0.258 e. The predicted molar refractivity (Wildman–Crippen MR) is 98.9 cm³/mol. The number of para-hydroxylation sites is 1. The van der Waals surface area contributed by atoms with Crippen molar-refractivity contribution in [3.05, 3.63) is 45.8 Å². The number of nitrogens with one attached hydrogen (secondary N) is 2. The molecule has 2 amide bonds. The van der Waals surface area contributed by atoms with E-state index in [2.05, 4.69) is 17.6 Å². The molecule has 4 nitrogen and oxygen atoms in total. The molecule has 2 N–H and O–H groups in total. The van der Waals surface area contributed by atoms with Gasteiger partial charge in [0.15, 0.2) is 0 Å². The van der Waals surface area contributed by atoms with E-state index < -0.39 is 0 Å². The summed E-state index contributed by atoms with van der Waals surface area (Å²) in [6.07, 6.45) is 2.95. The van der Waals surface area contributed by atoms with E-state index in [1.807, 2.05) is 31.2 Å². The van der Waals surface area contributed by atoms with Crippen LogP contribution in [-0.2, 0) is 17.6 Å². The molecule has 1 aliphatic carbocycles. The number of aryl methyl sites for hydroxylation is 1. The largest absolute Gasteiger partial charge is 0.322 e. The zero-order valence-electron chi connectivity index (χ0n) is 14.2. The molecule has 24 heavy (non-hydrogen) atoms. The molecule has 1 aromatic heterocycles. The highest BCUT2D eigenvalue weighted by atomic mass is 32.1. The molecule has 0 spiro atoms. The van der Waals surface area contributed by atoms with Crippen LogP contribution in [0.1, 0.15) is 46.6 Å². The summed E-state index contributed by atoms with van der Waals surface area (Å²) in [5.41, 5.74) is 3.57. The van der Waals surface area contributed by atoms with Crippen LogP contribution in [0.15, 0.2) is 24.3 Å². The van der Waals surface area contributed by atoms with Crippen molar-refractivity contribution in [1.82, 2.24) is 0 Å². The summed E-state index contributed by atoms with van der Waals surface area (Å²) in [5, 5.41) is 6.52. The minimum atomic E-state index is -0.147. The number of fused-ring (bicyclic) bond motifs is 1. The van der Waals surface area contributed by atoms with Crippen LogP contribution in [0.5, 0.6) is 0 Å². The Labute approximate surface area is 146 Å². The van der Waals surface area contributed by atoms with Crippen LogP contribution < -0.4 is 10.6 Å². The zero-order valence-corrected chi connectivity index (χ0v) is 15.0. The lowest BCUT2D eigenvalue weighted by atomic mass is 9.88. The van der Waals surface area contributed by atoms with E-state index >= 15 is 0 Å². The van der Waals surface area contributed by atoms with E-state index in [0.717, 1.165) is 36.1 Å². The van der Waals surface area contributed by atoms with Gasteiger partial charge in [0.1, 0.15) is 5.00 Å². The van der Waals surface area contributed by atoms with Crippen molar-refractivity contribution < 1.29 is 9.59 Å². The number of thiophene rings is 1. The van der Waals surface area contributed by atoms with Crippen LogP contribution in [0.4, 0.5) is 10.7 Å². The van der Waals surface area contributed by atoms with Gasteiger partial charge in [0.25, 0.3) is 5.91 Å². The number of carbonyl (C=O) groups excluding carboxylic acids is 2. The summed E-state index contributed by atoms with van der Waals surface area (Å²) in [5.74, 6) is 0.334. The van der Waals surface area contributed by atoms with Crippen molar-refractivity contribution in [3.8, 4) is 0 Å². The highest BCUT2D eigenvalue weighted by molar-refractivity contribution is 7.17. The first-order valence-corrected chi connectivity index (χ1v) is 9.06. The van der Waals surface area contributed by atoms with E-state index in [-0.39, 0.29) is 11.8 Å². The molecule has 1 heterocycles. The summed E-state index contributed by atoms with van der Waals surface area (Å²) >= 11 is 1.54. The Morgan fingerprint density at radius 3 is 2.67 bits per heavy atom. The third-order valence-corrected chi connectivity index (χ3v) is 5.59. The van der Waals surface area contributed by atoms with Crippen LogP contribution in [0.3, 0.4) is 0 Å². The van der Waals surface area contributed by atoms with Gasteiger partial charge >= 0.3 is 0 Å². The fourth-order valence-corrected chi connectivity index (χ4v) is 4.59. The molecule has 0 saturated carbocycles. The second kappa shape index (κ2) is 6.77. The lowest BCUT2D eigenvalue weighted by Gasteiger charge is -2.19. The fraction of sp³-hybridized carbons (Fsp3) is 0.368. The highest BCUT2D eigenvalue weighted by Crippen LogP contribution is 2.40. The Hall–Kier alpha value is -2.14. The Morgan fingerprint density at radius 2 is 1.96 bits per heavy atom. The summed E-state index contributed by atoms with van der Waals surface area (Å²) in [6, 6.07) is 7.71. The number of amides is 2. The van der Waals surface area contributed by atoms with E-state index in [1.54, 1.807) is 11.3 Å². The maximum absolute atomic E-state index is 12.9. The minimum Gasteiger partial charge on any atom is -0.322 e. The Morgan fingerprint density at radius 1 is 1.21 bits per heavy atom. The van der Waals surface area contributed by atoms with Crippen LogP contribution in [0.25, 0.3) is 0 Å². The minimum absolute atomic E-state index is 0.139. The summed E-state index contributed by atoms with van der Waals surface area (Å²) in [4.78, 5) is 25.7. The van der Waals surface area contributed by atoms with Crippen molar-refractivity contribution in [2.24, 2.45) is 5.92 Å². The van der Waals surface area contributed by atoms with E-state index in [9.17, 15) is 9.59 Å². The Kier molecular flexibility index (Phi) is 4.71. The maximum Gasteiger partial charge on any atom is 0.258 e. The number of hydrogen-bond donors (Lipinski definition) is 2. The summed E-state index contributed by atoms with van der Waals surface area (Å²) < 4.78 is 0. The first kappa shape index (κ1) is 16.7. The third-order valence-electron chi connectivity index (χ3n) is 4.42. The lowest BCUT2D eigenvalue weighted by Crippen LogP contribution is -2.19. The standard InChI is InChI=1S/C19H22N2O2S/c1-11-8-9-14-16(10-11)24-19(20-13(3)22)17(14)18(23)21-15-7-5-4-6-12(15)2/h4-7,11H,8-10H2,1-3H3,(H,20,22)(H,21,23). The summed E-state index contributed by atoms with van der Waals surface area (Å²) in [7, 11) is 0. The molecule has 3 rings (SSSR count). The number of carbonyl (C=O) groups is 2. The molecule has 2 aromatic rings. The topological polar surface area (TPSA) is 58.2 Å². The third kappa shape index (κ3) is 3.36. The van der Waals surface area contributed by atoms with Crippen LogP contribution in [0.2, 0.25) is 0 Å². The number of rotatable bonds is 3. The molecule has 1 atom stereocenters. The SMILES string of the molecule is CC(=O)Nc1sc2c(c1C(=O)Nc1ccccc1C)CCC(C)C2. The molecule has 0 radical (unpaired) electrons. The summed E-state index contributed by atoms with van der Waals surface area (Å²) in [6.45, 7) is 5.67. The van der Waals surface area contributed by atoms with Crippen molar-refractivity contribution in [1.29, 1.82) is 0 Å². The van der Waals surface area contributed by atoms with E-state index in [0.29, 0.717) is 16.5 Å². The quantitative estimate of drug-likeness (QED) is 0.869. The highest BCUT2D eigenvalue weighted by Gasteiger charge is 2.28. The van der Waals surface area contributed by atoms with Gasteiger partial charge in [0.2, 0.25) is 5.91 Å². The van der Waals surface area contributed by atoms with Crippen LogP contribution in [-0.4, -0.2) is 11.8 Å². The Balaban J connectivity index is 1.97. The molecule has 1 aliphatic rings. The van der Waals surface area contributed by atoms with Crippen molar-refractivity contribution in [2.45, 2.75) is 40.0 Å². The average Bonchev–Trinajstić information content (AvgIpc) is 2.85. The van der Waals surface area contributed by atoms with Crippen molar-refractivity contribution in [2.75, 3.05) is 10.6 Å². The Bertz CT molecular complexity index is 795. The van der Waals surface area contributed by atoms with Gasteiger partial charge in [-0.1, -0.05) is 25.1 Å².